The molecule has 0 aliphatic heterocycles. The van der Waals surface area contributed by atoms with Crippen molar-refractivity contribution < 1.29 is 9.47 Å². The lowest BCUT2D eigenvalue weighted by atomic mass is 10.2. The van der Waals surface area contributed by atoms with E-state index in [2.05, 4.69) is 25.2 Å². The summed E-state index contributed by atoms with van der Waals surface area (Å²) >= 11 is 0. The third-order valence-corrected chi connectivity index (χ3v) is 3.45. The van der Waals surface area contributed by atoms with Gasteiger partial charge in [0.1, 0.15) is 17.6 Å². The minimum atomic E-state index is 0.136. The molecule has 0 heterocycles. The molecule has 2 aromatic rings. The minimum Gasteiger partial charge on any atom is -0.497 e. The van der Waals surface area contributed by atoms with E-state index in [9.17, 15) is 0 Å². The Hall–Kier alpha value is -2.16. The van der Waals surface area contributed by atoms with Gasteiger partial charge >= 0.3 is 0 Å². The third kappa shape index (κ3) is 4.42. The summed E-state index contributed by atoms with van der Waals surface area (Å²) in [5.74, 6) is 1.81. The molecule has 21 heavy (non-hydrogen) atoms. The number of benzene rings is 2. The van der Waals surface area contributed by atoms with Crippen LogP contribution in [0.4, 0.5) is 5.69 Å². The van der Waals surface area contributed by atoms with Gasteiger partial charge in [-0.2, -0.15) is 0 Å². The number of aryl methyl sites for hydroxylation is 1. The van der Waals surface area contributed by atoms with Gasteiger partial charge in [0.2, 0.25) is 0 Å². The molecular formula is C18H23NO2. The fourth-order valence-electron chi connectivity index (χ4n) is 2.10. The van der Waals surface area contributed by atoms with Crippen molar-refractivity contribution in [2.75, 3.05) is 19.0 Å². The van der Waals surface area contributed by atoms with Crippen molar-refractivity contribution in [2.45, 2.75) is 26.4 Å². The van der Waals surface area contributed by atoms with E-state index in [4.69, 9.17) is 9.47 Å². The van der Waals surface area contributed by atoms with Gasteiger partial charge < -0.3 is 14.8 Å². The van der Waals surface area contributed by atoms with Gasteiger partial charge in [-0.05, 0) is 37.1 Å². The summed E-state index contributed by atoms with van der Waals surface area (Å²) in [6.45, 7) is 4.96. The quantitative estimate of drug-likeness (QED) is 0.824. The molecule has 0 aliphatic carbocycles. The monoisotopic (exact) mass is 285 g/mol. The van der Waals surface area contributed by atoms with E-state index >= 15 is 0 Å². The van der Waals surface area contributed by atoms with Gasteiger partial charge in [0.05, 0.1) is 13.7 Å². The van der Waals surface area contributed by atoms with E-state index in [0.717, 1.165) is 35.7 Å². The van der Waals surface area contributed by atoms with Crippen molar-refractivity contribution in [1.82, 2.24) is 0 Å². The average Bonchev–Trinajstić information content (AvgIpc) is 2.53. The normalized spacial score (nSPS) is 11.8. The molecule has 1 N–H and O–H groups in total. The first-order valence-electron chi connectivity index (χ1n) is 7.33. The van der Waals surface area contributed by atoms with Crippen molar-refractivity contribution in [1.29, 1.82) is 0 Å². The summed E-state index contributed by atoms with van der Waals surface area (Å²) in [5, 5.41) is 3.41. The van der Waals surface area contributed by atoms with E-state index < -0.39 is 0 Å². The molecular weight excluding hydrogens is 262 g/mol. The van der Waals surface area contributed by atoms with Crippen molar-refractivity contribution in [2.24, 2.45) is 0 Å². The van der Waals surface area contributed by atoms with E-state index in [0.29, 0.717) is 0 Å². The van der Waals surface area contributed by atoms with Crippen LogP contribution in [0.25, 0.3) is 0 Å². The Morgan fingerprint density at radius 2 is 1.90 bits per heavy atom. The highest BCUT2D eigenvalue weighted by Crippen LogP contribution is 2.20. The predicted octanol–water partition coefficient (Wildman–Crippen LogP) is 4.27. The number of hydrogen-bond acceptors (Lipinski definition) is 3. The highest BCUT2D eigenvalue weighted by Gasteiger charge is 2.09. The maximum atomic E-state index is 6.08. The molecule has 2 aromatic carbocycles. The van der Waals surface area contributed by atoms with Gasteiger partial charge in [0.25, 0.3) is 0 Å². The van der Waals surface area contributed by atoms with E-state index in [1.165, 1.54) is 0 Å². The fraction of sp³-hybridized carbons (Fsp3) is 0.333. The van der Waals surface area contributed by atoms with Crippen molar-refractivity contribution >= 4 is 5.69 Å². The van der Waals surface area contributed by atoms with Crippen LogP contribution in [0.5, 0.6) is 11.5 Å². The highest BCUT2D eigenvalue weighted by molar-refractivity contribution is 5.48. The van der Waals surface area contributed by atoms with Gasteiger partial charge in [-0.3, -0.25) is 0 Å². The number of nitrogens with one attached hydrogen (secondary N) is 1. The molecule has 3 nitrogen and oxygen atoms in total. The molecule has 0 radical (unpaired) electrons. The lowest BCUT2D eigenvalue weighted by Gasteiger charge is -2.20. The molecule has 0 aliphatic rings. The van der Waals surface area contributed by atoms with Crippen LogP contribution in [0.1, 0.15) is 18.9 Å². The minimum absolute atomic E-state index is 0.136. The summed E-state index contributed by atoms with van der Waals surface area (Å²) in [5.41, 5.74) is 2.21. The molecule has 0 fully saturated rings. The van der Waals surface area contributed by atoms with E-state index in [-0.39, 0.29) is 6.10 Å². The Bertz CT molecular complexity index is 569. The van der Waals surface area contributed by atoms with Crippen LogP contribution in [0.15, 0.2) is 48.5 Å². The molecule has 0 aromatic heterocycles. The van der Waals surface area contributed by atoms with Crippen LogP contribution >= 0.6 is 0 Å². The molecule has 0 spiro atoms. The Kier molecular flexibility index (Phi) is 5.50. The van der Waals surface area contributed by atoms with Gasteiger partial charge in [-0.1, -0.05) is 31.2 Å². The molecule has 112 valence electrons. The second-order valence-corrected chi connectivity index (χ2v) is 5.03. The van der Waals surface area contributed by atoms with Gasteiger partial charge in [0, 0.05) is 11.8 Å². The van der Waals surface area contributed by atoms with Gasteiger partial charge in [0.15, 0.2) is 0 Å². The Labute approximate surface area is 126 Å². The molecule has 0 amide bonds. The number of anilines is 1. The lowest BCUT2D eigenvalue weighted by molar-refractivity contribution is 0.208. The molecule has 0 saturated heterocycles. The standard InChI is InChI=1S/C18H23NO2/c1-4-16(21-18-11-6-5-8-14(18)2)13-19-15-9-7-10-17(12-15)20-3/h5-12,16,19H,4,13H2,1-3H3. The van der Waals surface area contributed by atoms with Crippen molar-refractivity contribution in [3.05, 3.63) is 54.1 Å². The van der Waals surface area contributed by atoms with Crippen molar-refractivity contribution in [3.8, 4) is 11.5 Å². The SMILES string of the molecule is CCC(CNc1cccc(OC)c1)Oc1ccccc1C. The highest BCUT2D eigenvalue weighted by atomic mass is 16.5. The van der Waals surface area contributed by atoms with Gasteiger partial charge in [-0.25, -0.2) is 0 Å². The molecule has 2 rings (SSSR count). The zero-order chi connectivity index (χ0) is 15.1. The average molecular weight is 285 g/mol. The third-order valence-electron chi connectivity index (χ3n) is 3.45. The topological polar surface area (TPSA) is 30.5 Å². The van der Waals surface area contributed by atoms with E-state index in [1.54, 1.807) is 7.11 Å². The Morgan fingerprint density at radius 1 is 1.10 bits per heavy atom. The zero-order valence-corrected chi connectivity index (χ0v) is 12.9. The van der Waals surface area contributed by atoms with Crippen LogP contribution in [0, 0.1) is 6.92 Å². The maximum absolute atomic E-state index is 6.08. The van der Waals surface area contributed by atoms with Crippen LogP contribution in [-0.4, -0.2) is 19.8 Å². The zero-order valence-electron chi connectivity index (χ0n) is 12.9. The lowest BCUT2D eigenvalue weighted by Crippen LogP contribution is -2.25. The smallest absolute Gasteiger partial charge is 0.122 e. The largest absolute Gasteiger partial charge is 0.497 e. The Morgan fingerprint density at radius 3 is 2.62 bits per heavy atom. The maximum Gasteiger partial charge on any atom is 0.122 e. The Balaban J connectivity index is 1.95. The number of methoxy groups -OCH3 is 1. The first kappa shape index (κ1) is 15.2. The fourth-order valence-corrected chi connectivity index (χ4v) is 2.10. The summed E-state index contributed by atoms with van der Waals surface area (Å²) < 4.78 is 11.3. The molecule has 1 atom stereocenters. The summed E-state index contributed by atoms with van der Waals surface area (Å²) in [6.07, 6.45) is 1.09. The second-order valence-electron chi connectivity index (χ2n) is 5.03. The van der Waals surface area contributed by atoms with Crippen LogP contribution in [0.3, 0.4) is 0 Å². The van der Waals surface area contributed by atoms with Crippen LogP contribution in [0.2, 0.25) is 0 Å². The first-order chi connectivity index (χ1) is 10.2. The molecule has 0 bridgehead atoms. The summed E-state index contributed by atoms with van der Waals surface area (Å²) in [4.78, 5) is 0. The number of para-hydroxylation sites is 1. The predicted molar refractivity (Wildman–Crippen MR) is 87.4 cm³/mol. The molecule has 1 unspecified atom stereocenters. The first-order valence-corrected chi connectivity index (χ1v) is 7.33. The van der Waals surface area contributed by atoms with Gasteiger partial charge in [-0.15, -0.1) is 0 Å². The number of ether oxygens (including phenoxy) is 2. The molecule has 0 saturated carbocycles. The number of rotatable bonds is 7. The molecule has 3 heteroatoms. The summed E-state index contributed by atoms with van der Waals surface area (Å²) in [7, 11) is 1.68. The van der Waals surface area contributed by atoms with Crippen LogP contribution < -0.4 is 14.8 Å². The van der Waals surface area contributed by atoms with Crippen LogP contribution in [-0.2, 0) is 0 Å². The summed E-state index contributed by atoms with van der Waals surface area (Å²) in [6, 6.07) is 16.0. The number of hydrogen-bond donors (Lipinski definition) is 1. The van der Waals surface area contributed by atoms with Crippen molar-refractivity contribution in [3.63, 3.8) is 0 Å². The second kappa shape index (κ2) is 7.58. The van der Waals surface area contributed by atoms with E-state index in [1.807, 2.05) is 42.5 Å².